The Morgan fingerprint density at radius 2 is 1.79 bits per heavy atom. The molecule has 0 unspecified atom stereocenters. The molecule has 2 atom stereocenters. The lowest BCUT2D eigenvalue weighted by Crippen LogP contribution is -2.53. The van der Waals surface area contributed by atoms with E-state index in [-0.39, 0.29) is 18.2 Å². The zero-order chi connectivity index (χ0) is 24.0. The quantitative estimate of drug-likeness (QED) is 0.386. The Morgan fingerprint density at radius 3 is 2.39 bits per heavy atom. The van der Waals surface area contributed by atoms with Gasteiger partial charge in [-0.05, 0) is 23.3 Å². The van der Waals surface area contributed by atoms with E-state index in [1.165, 1.54) is 18.7 Å². The molecule has 3 rings (SSSR count). The van der Waals surface area contributed by atoms with Crippen LogP contribution < -0.4 is 15.4 Å². The fourth-order valence-electron chi connectivity index (χ4n) is 3.17. The van der Waals surface area contributed by atoms with E-state index in [2.05, 4.69) is 10.6 Å². The number of rotatable bonds is 10. The van der Waals surface area contributed by atoms with E-state index in [0.29, 0.717) is 17.0 Å². The molecule has 1 heterocycles. The monoisotopic (exact) mass is 492 g/mol. The Hall–Kier alpha value is -2.93. The molecule has 176 valence electrons. The summed E-state index contributed by atoms with van der Waals surface area (Å²) in [7, 11) is -4.15. The molecular formula is C21H24N4O6S2. The van der Waals surface area contributed by atoms with Crippen molar-refractivity contribution >= 4 is 45.4 Å². The van der Waals surface area contributed by atoms with Crippen molar-refractivity contribution in [2.24, 2.45) is 0 Å². The maximum Gasteiger partial charge on any atom is 0.321 e. The van der Waals surface area contributed by atoms with Crippen LogP contribution in [-0.2, 0) is 36.9 Å². The first-order valence-electron chi connectivity index (χ1n) is 9.96. The van der Waals surface area contributed by atoms with E-state index in [0.717, 1.165) is 9.87 Å². The molecule has 1 saturated heterocycles. The Labute approximate surface area is 195 Å². The van der Waals surface area contributed by atoms with Crippen molar-refractivity contribution in [2.75, 3.05) is 11.1 Å². The topological polar surface area (TPSA) is 145 Å². The molecule has 2 aromatic rings. The Morgan fingerprint density at radius 1 is 1.12 bits per heavy atom. The van der Waals surface area contributed by atoms with E-state index >= 15 is 0 Å². The van der Waals surface area contributed by atoms with Gasteiger partial charge in [0.1, 0.15) is 6.04 Å². The van der Waals surface area contributed by atoms with Crippen molar-refractivity contribution in [3.63, 3.8) is 0 Å². The largest absolute Gasteiger partial charge is 0.480 e. The van der Waals surface area contributed by atoms with Gasteiger partial charge < -0.3 is 10.4 Å². The number of carbonyl (C=O) groups is 3. The van der Waals surface area contributed by atoms with Crippen LogP contribution in [0.1, 0.15) is 18.1 Å². The molecule has 10 nitrogen and oxygen atoms in total. The molecule has 0 radical (unpaired) electrons. The van der Waals surface area contributed by atoms with Gasteiger partial charge in [0.25, 0.3) is 5.91 Å². The predicted octanol–water partition coefficient (Wildman–Crippen LogP) is 1.12. The number of carbonyl (C=O) groups excluding carboxylic acids is 2. The van der Waals surface area contributed by atoms with Gasteiger partial charge in [0.2, 0.25) is 5.91 Å². The van der Waals surface area contributed by atoms with Crippen molar-refractivity contribution in [3.05, 3.63) is 65.7 Å². The number of aliphatic carboxylic acids is 1. The summed E-state index contributed by atoms with van der Waals surface area (Å²) >= 11 is 1.36. The maximum atomic E-state index is 12.5. The first-order valence-corrected chi connectivity index (χ1v) is 12.6. The van der Waals surface area contributed by atoms with Crippen LogP contribution in [0.3, 0.4) is 0 Å². The molecule has 0 saturated carbocycles. The molecule has 1 fully saturated rings. The van der Waals surface area contributed by atoms with Gasteiger partial charge in [-0.3, -0.25) is 19.7 Å². The number of amides is 2. The summed E-state index contributed by atoms with van der Waals surface area (Å²) in [6.45, 7) is 1.21. The third kappa shape index (κ3) is 6.78. The van der Waals surface area contributed by atoms with Crippen LogP contribution in [0.2, 0.25) is 0 Å². The summed E-state index contributed by atoms with van der Waals surface area (Å²) < 4.78 is 27.8. The lowest BCUT2D eigenvalue weighted by molar-refractivity contribution is -0.139. The highest BCUT2D eigenvalue weighted by atomic mass is 32.2. The van der Waals surface area contributed by atoms with Gasteiger partial charge in [0.05, 0.1) is 0 Å². The third-order valence-electron chi connectivity index (χ3n) is 4.74. The molecule has 0 spiro atoms. The highest BCUT2D eigenvalue weighted by molar-refractivity contribution is 7.98. The van der Waals surface area contributed by atoms with Crippen LogP contribution in [0.25, 0.3) is 0 Å². The second-order valence-electron chi connectivity index (χ2n) is 7.36. The lowest BCUT2D eigenvalue weighted by atomic mass is 10.2. The molecule has 1 aliphatic rings. The van der Waals surface area contributed by atoms with Gasteiger partial charge in [0, 0.05) is 30.7 Å². The van der Waals surface area contributed by atoms with E-state index in [4.69, 9.17) is 0 Å². The average Bonchev–Trinajstić information content (AvgIpc) is 2.96. The fraction of sp³-hybridized carbons (Fsp3) is 0.286. The van der Waals surface area contributed by atoms with Gasteiger partial charge >= 0.3 is 16.2 Å². The summed E-state index contributed by atoms with van der Waals surface area (Å²) in [5.41, 5.74) is 2.12. The minimum absolute atomic E-state index is 0.132. The van der Waals surface area contributed by atoms with Gasteiger partial charge in [-0.1, -0.05) is 42.5 Å². The fourth-order valence-corrected chi connectivity index (χ4v) is 5.43. The van der Waals surface area contributed by atoms with Crippen LogP contribution in [-0.4, -0.2) is 53.6 Å². The number of hydrogen-bond acceptors (Lipinski definition) is 7. The molecule has 4 N–H and O–H groups in total. The number of carboxylic acids is 1. The van der Waals surface area contributed by atoms with Crippen LogP contribution in [0, 0.1) is 0 Å². The zero-order valence-corrected chi connectivity index (χ0v) is 19.4. The van der Waals surface area contributed by atoms with Crippen molar-refractivity contribution < 1.29 is 27.9 Å². The maximum absolute atomic E-state index is 12.5. The first-order chi connectivity index (χ1) is 15.7. The van der Waals surface area contributed by atoms with Gasteiger partial charge in [-0.25, -0.2) is 4.72 Å². The van der Waals surface area contributed by atoms with E-state index in [9.17, 15) is 27.9 Å². The van der Waals surface area contributed by atoms with Crippen molar-refractivity contribution in [1.29, 1.82) is 0 Å². The first kappa shape index (κ1) is 24.7. The average molecular weight is 493 g/mol. The van der Waals surface area contributed by atoms with Crippen LogP contribution >= 0.6 is 11.8 Å². The summed E-state index contributed by atoms with van der Waals surface area (Å²) in [6.07, 6.45) is -1.37. The third-order valence-corrected chi connectivity index (χ3v) is 7.26. The Balaban J connectivity index is 1.69. The summed E-state index contributed by atoms with van der Waals surface area (Å²) in [4.78, 5) is 35.3. The number of nitrogens with one attached hydrogen (secondary N) is 3. The van der Waals surface area contributed by atoms with Crippen molar-refractivity contribution in [1.82, 2.24) is 14.3 Å². The number of anilines is 1. The second kappa shape index (κ2) is 10.8. The SMILES string of the molecule is CC(=O)Nc1ccc(CN2[C@@H](N[C@@H](CSCc3ccccc3)C(=O)O)C(=O)NS2(=O)=O)cc1. The Kier molecular flexibility index (Phi) is 8.08. The highest BCUT2D eigenvalue weighted by Crippen LogP contribution is 2.20. The van der Waals surface area contributed by atoms with Crippen molar-refractivity contribution in [3.8, 4) is 0 Å². The molecule has 0 aromatic heterocycles. The Bertz CT molecular complexity index is 1110. The van der Waals surface area contributed by atoms with Gasteiger partial charge in [0.15, 0.2) is 6.17 Å². The molecule has 33 heavy (non-hydrogen) atoms. The number of nitrogens with zero attached hydrogens (tertiary/aromatic N) is 1. The molecule has 0 aliphatic carbocycles. The van der Waals surface area contributed by atoms with Crippen LogP contribution in [0.5, 0.6) is 0 Å². The number of hydrogen-bond donors (Lipinski definition) is 4. The minimum Gasteiger partial charge on any atom is -0.480 e. The zero-order valence-electron chi connectivity index (χ0n) is 17.7. The lowest BCUT2D eigenvalue weighted by Gasteiger charge is -2.24. The highest BCUT2D eigenvalue weighted by Gasteiger charge is 2.45. The van der Waals surface area contributed by atoms with Crippen molar-refractivity contribution in [2.45, 2.75) is 31.4 Å². The summed E-state index contributed by atoms with van der Waals surface area (Å²) in [5, 5.41) is 14.9. The minimum atomic E-state index is -4.15. The predicted molar refractivity (Wildman–Crippen MR) is 124 cm³/mol. The van der Waals surface area contributed by atoms with E-state index in [1.54, 1.807) is 24.3 Å². The smallest absolute Gasteiger partial charge is 0.321 e. The van der Waals surface area contributed by atoms with Gasteiger partial charge in [-0.2, -0.15) is 24.5 Å². The molecule has 2 amide bonds. The number of benzene rings is 2. The molecule has 0 bridgehead atoms. The molecule has 2 aromatic carbocycles. The normalized spacial score (nSPS) is 18.5. The summed E-state index contributed by atoms with van der Waals surface area (Å²) in [6, 6.07) is 14.8. The van der Waals surface area contributed by atoms with Crippen LogP contribution in [0.4, 0.5) is 5.69 Å². The second-order valence-corrected chi connectivity index (χ2v) is 10.0. The van der Waals surface area contributed by atoms with E-state index in [1.807, 2.05) is 35.1 Å². The number of thioether (sulfide) groups is 1. The standard InChI is InChI=1S/C21H24N4O6S2/c1-14(26)22-17-9-7-15(8-10-17)11-25-19(20(27)24-33(25,30)31)23-18(21(28)29)13-32-12-16-5-3-2-4-6-16/h2-10,18-19,23H,11-13H2,1H3,(H,22,26)(H,24,27)(H,28,29)/t18-,19+/m0/s1. The molecule has 1 aliphatic heterocycles. The van der Waals surface area contributed by atoms with Crippen LogP contribution in [0.15, 0.2) is 54.6 Å². The van der Waals surface area contributed by atoms with Gasteiger partial charge in [-0.15, -0.1) is 0 Å². The molecular weight excluding hydrogens is 468 g/mol. The molecule has 12 heteroatoms. The number of carboxylic acid groups (broad SMARTS) is 1. The summed E-state index contributed by atoms with van der Waals surface area (Å²) in [5.74, 6) is -1.57. The van der Waals surface area contributed by atoms with E-state index < -0.39 is 34.3 Å².